The number of non-ortho nitro benzene ring substituents is 1. The molecule has 2 aromatic rings. The number of phenolic OH excluding ortho intramolecular Hbond substituents is 1. The van der Waals surface area contributed by atoms with Crippen molar-refractivity contribution in [2.24, 2.45) is 4.99 Å². The molecule has 21 heavy (non-hydrogen) atoms. The van der Waals surface area contributed by atoms with Crippen molar-refractivity contribution >= 4 is 56.7 Å². The molecule has 0 fully saturated rings. The molecule has 108 valence electrons. The maximum absolute atomic E-state index is 10.8. The van der Waals surface area contributed by atoms with E-state index in [-0.39, 0.29) is 21.5 Å². The summed E-state index contributed by atoms with van der Waals surface area (Å²) in [5.74, 6) is -0.135. The van der Waals surface area contributed by atoms with Crippen molar-refractivity contribution in [2.45, 2.75) is 0 Å². The lowest BCUT2D eigenvalue weighted by atomic mass is 10.2. The Hall–Kier alpha value is -1.63. The van der Waals surface area contributed by atoms with Crippen LogP contribution in [0.4, 0.5) is 11.4 Å². The summed E-state index contributed by atoms with van der Waals surface area (Å²) >= 11 is 14.7. The van der Waals surface area contributed by atoms with Crippen molar-refractivity contribution in [2.75, 3.05) is 0 Å². The number of hydrogen-bond donors (Lipinski definition) is 1. The zero-order chi connectivity index (χ0) is 15.6. The standard InChI is InChI=1S/C13H7BrCl2N2O3/c14-10-5-9(18(20)21)3-7(13(10)19)6-17-8-1-2-11(15)12(16)4-8/h1-6,19H. The summed E-state index contributed by atoms with van der Waals surface area (Å²) in [4.78, 5) is 14.4. The van der Waals surface area contributed by atoms with E-state index in [9.17, 15) is 15.2 Å². The first-order chi connectivity index (χ1) is 9.88. The zero-order valence-electron chi connectivity index (χ0n) is 10.3. The Bertz CT molecular complexity index is 750. The Morgan fingerprint density at radius 2 is 1.95 bits per heavy atom. The molecule has 0 aliphatic rings. The lowest BCUT2D eigenvalue weighted by Crippen LogP contribution is -1.91. The van der Waals surface area contributed by atoms with E-state index in [4.69, 9.17) is 23.2 Å². The summed E-state index contributed by atoms with van der Waals surface area (Å²) in [6, 6.07) is 7.20. The van der Waals surface area contributed by atoms with E-state index in [1.807, 2.05) is 0 Å². The molecule has 0 aromatic heterocycles. The lowest BCUT2D eigenvalue weighted by molar-refractivity contribution is -0.385. The second-order valence-corrected chi connectivity index (χ2v) is 5.65. The SMILES string of the molecule is O=[N+]([O-])c1cc(Br)c(O)c(C=Nc2ccc(Cl)c(Cl)c2)c1. The number of aliphatic imine (C=N–C) groups is 1. The van der Waals surface area contributed by atoms with Crippen LogP contribution in [0.2, 0.25) is 10.0 Å². The monoisotopic (exact) mass is 388 g/mol. The second kappa shape index (κ2) is 6.43. The van der Waals surface area contributed by atoms with Crippen LogP contribution in [0.1, 0.15) is 5.56 Å². The minimum absolute atomic E-state index is 0.135. The zero-order valence-corrected chi connectivity index (χ0v) is 13.4. The first-order valence-electron chi connectivity index (χ1n) is 5.54. The number of aromatic hydroxyl groups is 1. The van der Waals surface area contributed by atoms with Crippen molar-refractivity contribution in [3.05, 3.63) is 60.5 Å². The van der Waals surface area contributed by atoms with Gasteiger partial charge in [-0.3, -0.25) is 15.1 Å². The van der Waals surface area contributed by atoms with Gasteiger partial charge in [-0.05, 0) is 34.1 Å². The van der Waals surface area contributed by atoms with Gasteiger partial charge in [0.25, 0.3) is 5.69 Å². The predicted molar refractivity (Wildman–Crippen MR) is 86.2 cm³/mol. The van der Waals surface area contributed by atoms with Gasteiger partial charge in [0.2, 0.25) is 0 Å². The Balaban J connectivity index is 2.40. The Labute approximate surface area is 138 Å². The summed E-state index contributed by atoms with van der Waals surface area (Å²) in [5, 5.41) is 21.4. The van der Waals surface area contributed by atoms with E-state index in [0.29, 0.717) is 15.7 Å². The maximum atomic E-state index is 10.8. The molecule has 0 spiro atoms. The third-order valence-corrected chi connectivity index (χ3v) is 3.89. The fraction of sp³-hybridized carbons (Fsp3) is 0. The number of nitrogens with zero attached hydrogens (tertiary/aromatic N) is 2. The van der Waals surface area contributed by atoms with E-state index < -0.39 is 4.92 Å². The quantitative estimate of drug-likeness (QED) is 0.449. The highest BCUT2D eigenvalue weighted by Gasteiger charge is 2.13. The number of benzene rings is 2. The molecule has 0 bridgehead atoms. The van der Waals surface area contributed by atoms with E-state index in [1.165, 1.54) is 18.3 Å². The van der Waals surface area contributed by atoms with Crippen LogP contribution < -0.4 is 0 Å². The maximum Gasteiger partial charge on any atom is 0.271 e. The van der Waals surface area contributed by atoms with E-state index in [1.54, 1.807) is 18.2 Å². The average Bonchev–Trinajstić information content (AvgIpc) is 2.43. The molecule has 1 N–H and O–H groups in total. The van der Waals surface area contributed by atoms with E-state index in [2.05, 4.69) is 20.9 Å². The van der Waals surface area contributed by atoms with Crippen molar-refractivity contribution < 1.29 is 10.0 Å². The molecule has 2 rings (SSSR count). The molecule has 0 amide bonds. The van der Waals surface area contributed by atoms with Gasteiger partial charge in [-0.15, -0.1) is 0 Å². The highest BCUT2D eigenvalue weighted by Crippen LogP contribution is 2.32. The minimum Gasteiger partial charge on any atom is -0.506 e. The predicted octanol–water partition coefficient (Wildman–Crippen LogP) is 5.12. The van der Waals surface area contributed by atoms with Gasteiger partial charge >= 0.3 is 0 Å². The van der Waals surface area contributed by atoms with Crippen molar-refractivity contribution in [1.82, 2.24) is 0 Å². The number of halogens is 3. The number of nitro groups is 1. The number of hydrogen-bond acceptors (Lipinski definition) is 4. The lowest BCUT2D eigenvalue weighted by Gasteiger charge is -2.02. The summed E-state index contributed by atoms with van der Waals surface area (Å²) in [7, 11) is 0. The molecule has 0 saturated heterocycles. The van der Waals surface area contributed by atoms with Gasteiger partial charge in [-0.1, -0.05) is 23.2 Å². The van der Waals surface area contributed by atoms with Crippen LogP contribution in [-0.4, -0.2) is 16.2 Å². The van der Waals surface area contributed by atoms with Crippen molar-refractivity contribution in [3.8, 4) is 5.75 Å². The van der Waals surface area contributed by atoms with Gasteiger partial charge < -0.3 is 5.11 Å². The molecule has 8 heteroatoms. The number of phenols is 1. The third kappa shape index (κ3) is 3.72. The Morgan fingerprint density at radius 3 is 2.57 bits per heavy atom. The summed E-state index contributed by atoms with van der Waals surface area (Å²) < 4.78 is 0.215. The summed E-state index contributed by atoms with van der Waals surface area (Å²) in [5.41, 5.74) is 0.559. The van der Waals surface area contributed by atoms with Crippen LogP contribution in [0.3, 0.4) is 0 Å². The van der Waals surface area contributed by atoms with Crippen LogP contribution in [0.5, 0.6) is 5.75 Å². The summed E-state index contributed by atoms with van der Waals surface area (Å²) in [6.07, 6.45) is 1.31. The van der Waals surface area contributed by atoms with Crippen LogP contribution in [-0.2, 0) is 0 Å². The first kappa shape index (κ1) is 15.8. The molecule has 0 atom stereocenters. The van der Waals surface area contributed by atoms with Crippen LogP contribution in [0.15, 0.2) is 39.8 Å². The van der Waals surface area contributed by atoms with Gasteiger partial charge in [0.1, 0.15) is 5.75 Å². The molecule has 0 radical (unpaired) electrons. The fourth-order valence-electron chi connectivity index (χ4n) is 1.52. The largest absolute Gasteiger partial charge is 0.506 e. The van der Waals surface area contributed by atoms with Crippen LogP contribution in [0.25, 0.3) is 0 Å². The number of rotatable bonds is 3. The number of nitro benzene ring substituents is 1. The minimum atomic E-state index is -0.555. The Morgan fingerprint density at radius 1 is 1.24 bits per heavy atom. The fourth-order valence-corrected chi connectivity index (χ4v) is 2.27. The Kier molecular flexibility index (Phi) is 4.82. The second-order valence-electron chi connectivity index (χ2n) is 3.98. The summed E-state index contributed by atoms with van der Waals surface area (Å²) in [6.45, 7) is 0. The third-order valence-electron chi connectivity index (χ3n) is 2.54. The molecular formula is C13H7BrCl2N2O3. The van der Waals surface area contributed by atoms with Gasteiger partial charge in [0.05, 0.1) is 25.1 Å². The highest BCUT2D eigenvalue weighted by molar-refractivity contribution is 9.10. The molecule has 5 nitrogen and oxygen atoms in total. The van der Waals surface area contributed by atoms with E-state index in [0.717, 1.165) is 0 Å². The van der Waals surface area contributed by atoms with Crippen molar-refractivity contribution in [3.63, 3.8) is 0 Å². The topological polar surface area (TPSA) is 75.7 Å². The van der Waals surface area contributed by atoms with Gasteiger partial charge in [0, 0.05) is 23.9 Å². The molecule has 0 saturated carbocycles. The average molecular weight is 390 g/mol. The van der Waals surface area contributed by atoms with Gasteiger partial charge in [-0.25, -0.2) is 0 Å². The molecule has 0 aliphatic carbocycles. The first-order valence-corrected chi connectivity index (χ1v) is 7.09. The van der Waals surface area contributed by atoms with Gasteiger partial charge in [0.15, 0.2) is 0 Å². The highest BCUT2D eigenvalue weighted by atomic mass is 79.9. The normalized spacial score (nSPS) is 11.0. The van der Waals surface area contributed by atoms with Crippen molar-refractivity contribution in [1.29, 1.82) is 0 Å². The van der Waals surface area contributed by atoms with E-state index >= 15 is 0 Å². The smallest absolute Gasteiger partial charge is 0.271 e. The molecule has 0 unspecified atom stereocenters. The van der Waals surface area contributed by atoms with Gasteiger partial charge in [-0.2, -0.15) is 0 Å². The molecule has 2 aromatic carbocycles. The van der Waals surface area contributed by atoms with Crippen LogP contribution in [0, 0.1) is 10.1 Å². The molecular weight excluding hydrogens is 383 g/mol. The van der Waals surface area contributed by atoms with Crippen LogP contribution >= 0.6 is 39.1 Å². The molecule has 0 heterocycles. The molecule has 0 aliphatic heterocycles.